The van der Waals surface area contributed by atoms with Crippen LogP contribution in [0.4, 0.5) is 5.69 Å². The molecule has 1 fully saturated rings. The number of hydrogen-bond acceptors (Lipinski definition) is 8. The summed E-state index contributed by atoms with van der Waals surface area (Å²) in [5.41, 5.74) is 1.56. The number of aromatic nitrogens is 1. The molecule has 5 rings (SSSR count). The number of aromatic amines is 1. The van der Waals surface area contributed by atoms with Crippen molar-refractivity contribution >= 4 is 46.6 Å². The van der Waals surface area contributed by atoms with Crippen LogP contribution >= 0.6 is 23.1 Å². The Hall–Kier alpha value is -3.37. The van der Waals surface area contributed by atoms with Gasteiger partial charge in [-0.05, 0) is 48.9 Å². The van der Waals surface area contributed by atoms with Crippen molar-refractivity contribution in [2.45, 2.75) is 23.1 Å². The molecule has 3 aromatic rings. The van der Waals surface area contributed by atoms with Crippen LogP contribution in [0, 0.1) is 5.92 Å². The lowest BCUT2D eigenvalue weighted by Crippen LogP contribution is -2.32. The fourth-order valence-electron chi connectivity index (χ4n) is 4.40. The molecule has 8 nitrogen and oxygen atoms in total. The van der Waals surface area contributed by atoms with E-state index in [1.807, 2.05) is 12.1 Å². The van der Waals surface area contributed by atoms with E-state index >= 15 is 0 Å². The number of rotatable bonds is 5. The summed E-state index contributed by atoms with van der Waals surface area (Å²) in [6.07, 6.45) is 0. The zero-order valence-corrected chi connectivity index (χ0v) is 19.9. The third-order valence-corrected chi connectivity index (χ3v) is 8.34. The summed E-state index contributed by atoms with van der Waals surface area (Å²) in [7, 11) is 1.57. The van der Waals surface area contributed by atoms with Gasteiger partial charge in [-0.25, -0.2) is 9.69 Å². The summed E-state index contributed by atoms with van der Waals surface area (Å²) in [5, 5.41) is -0.0557. The average Bonchev–Trinajstić information content (AvgIpc) is 3.34. The number of amides is 2. The van der Waals surface area contributed by atoms with Crippen LogP contribution < -0.4 is 14.5 Å². The fraction of sp³-hybridized carbons (Fsp3) is 0.250. The van der Waals surface area contributed by atoms with Gasteiger partial charge in [0.2, 0.25) is 11.8 Å². The number of ether oxygens (including phenoxy) is 2. The van der Waals surface area contributed by atoms with Gasteiger partial charge in [0.1, 0.15) is 11.0 Å². The summed E-state index contributed by atoms with van der Waals surface area (Å²) >= 11 is 2.29. The van der Waals surface area contributed by atoms with Gasteiger partial charge in [-0.3, -0.25) is 14.4 Å². The first kappa shape index (κ1) is 22.4. The summed E-state index contributed by atoms with van der Waals surface area (Å²) in [5.74, 6) is -1.60. The molecule has 3 heterocycles. The molecule has 174 valence electrons. The molecule has 1 saturated heterocycles. The SMILES string of the molecule is CCOC(=O)c1ccc(N2C(=O)[C@H]3[C@H](c4ccc(OC)cc4)c4sc(=O)[nH]c4S[C@H]3C2=O)cc1. The van der Waals surface area contributed by atoms with Gasteiger partial charge >= 0.3 is 10.8 Å². The van der Waals surface area contributed by atoms with Gasteiger partial charge in [-0.1, -0.05) is 35.2 Å². The number of methoxy groups -OCH3 is 1. The molecular formula is C24H20N2O6S2. The average molecular weight is 497 g/mol. The zero-order valence-electron chi connectivity index (χ0n) is 18.3. The number of esters is 1. The van der Waals surface area contributed by atoms with Crippen LogP contribution in [0.5, 0.6) is 5.75 Å². The van der Waals surface area contributed by atoms with E-state index in [2.05, 4.69) is 4.98 Å². The number of nitrogens with one attached hydrogen (secondary N) is 1. The Morgan fingerprint density at radius 3 is 2.38 bits per heavy atom. The molecule has 10 heteroatoms. The van der Waals surface area contributed by atoms with Crippen molar-refractivity contribution in [2.24, 2.45) is 5.92 Å². The lowest BCUT2D eigenvalue weighted by molar-refractivity contribution is -0.122. The highest BCUT2D eigenvalue weighted by Crippen LogP contribution is 2.53. The third-order valence-electron chi connectivity index (χ3n) is 5.94. The number of imide groups is 1. The lowest BCUT2D eigenvalue weighted by atomic mass is 9.83. The van der Waals surface area contributed by atoms with Crippen molar-refractivity contribution in [1.29, 1.82) is 0 Å². The van der Waals surface area contributed by atoms with Gasteiger partial charge < -0.3 is 14.5 Å². The number of nitrogens with zero attached hydrogens (tertiary/aromatic N) is 1. The minimum atomic E-state index is -0.679. The van der Waals surface area contributed by atoms with E-state index in [0.717, 1.165) is 21.8 Å². The van der Waals surface area contributed by atoms with E-state index < -0.39 is 23.1 Å². The van der Waals surface area contributed by atoms with E-state index in [9.17, 15) is 19.2 Å². The normalized spacial score (nSPS) is 21.2. The molecule has 1 aromatic heterocycles. The summed E-state index contributed by atoms with van der Waals surface area (Å²) < 4.78 is 10.3. The molecule has 34 heavy (non-hydrogen) atoms. The number of thiazole rings is 1. The van der Waals surface area contributed by atoms with E-state index in [-0.39, 0.29) is 23.3 Å². The maximum Gasteiger partial charge on any atom is 0.338 e. The highest BCUT2D eigenvalue weighted by molar-refractivity contribution is 8.00. The Labute approximate surface area is 202 Å². The minimum Gasteiger partial charge on any atom is -0.497 e. The minimum absolute atomic E-state index is 0.220. The van der Waals surface area contributed by atoms with E-state index in [0.29, 0.717) is 22.0 Å². The van der Waals surface area contributed by atoms with E-state index in [1.165, 1.54) is 28.8 Å². The van der Waals surface area contributed by atoms with Gasteiger partial charge in [-0.15, -0.1) is 0 Å². The number of fused-ring (bicyclic) bond motifs is 2. The smallest absolute Gasteiger partial charge is 0.338 e. The number of H-pyrrole nitrogens is 1. The predicted molar refractivity (Wildman–Crippen MR) is 128 cm³/mol. The highest BCUT2D eigenvalue weighted by atomic mass is 32.2. The van der Waals surface area contributed by atoms with Gasteiger partial charge in [-0.2, -0.15) is 0 Å². The van der Waals surface area contributed by atoms with Gasteiger partial charge in [0, 0.05) is 10.8 Å². The van der Waals surface area contributed by atoms with Crippen LogP contribution in [0.2, 0.25) is 0 Å². The van der Waals surface area contributed by atoms with E-state index in [4.69, 9.17) is 9.47 Å². The molecule has 0 radical (unpaired) electrons. The molecule has 0 bridgehead atoms. The molecule has 2 amide bonds. The summed E-state index contributed by atoms with van der Waals surface area (Å²) in [6.45, 7) is 1.97. The van der Waals surface area contributed by atoms with Crippen molar-refractivity contribution in [2.75, 3.05) is 18.6 Å². The predicted octanol–water partition coefficient (Wildman–Crippen LogP) is 3.42. The molecule has 3 atom stereocenters. The van der Waals surface area contributed by atoms with Crippen molar-refractivity contribution < 1.29 is 23.9 Å². The lowest BCUT2D eigenvalue weighted by Gasteiger charge is -2.29. The molecular weight excluding hydrogens is 476 g/mol. The second-order valence-electron chi connectivity index (χ2n) is 7.80. The Morgan fingerprint density at radius 2 is 1.74 bits per heavy atom. The van der Waals surface area contributed by atoms with Crippen molar-refractivity contribution in [3.05, 3.63) is 74.2 Å². The van der Waals surface area contributed by atoms with Crippen molar-refractivity contribution in [3.8, 4) is 5.75 Å². The summed E-state index contributed by atoms with van der Waals surface area (Å²) in [6, 6.07) is 13.5. The number of hydrogen-bond donors (Lipinski definition) is 1. The first-order valence-electron chi connectivity index (χ1n) is 10.6. The number of thioether (sulfide) groups is 1. The first-order chi connectivity index (χ1) is 16.4. The van der Waals surface area contributed by atoms with Crippen LogP contribution in [-0.2, 0) is 14.3 Å². The monoisotopic (exact) mass is 496 g/mol. The molecule has 0 unspecified atom stereocenters. The number of carbonyl (C=O) groups is 3. The van der Waals surface area contributed by atoms with Crippen molar-refractivity contribution in [3.63, 3.8) is 0 Å². The van der Waals surface area contributed by atoms with Crippen LogP contribution in [0.25, 0.3) is 0 Å². The van der Waals surface area contributed by atoms with Crippen LogP contribution in [-0.4, -0.2) is 41.7 Å². The highest BCUT2D eigenvalue weighted by Gasteiger charge is 2.56. The van der Waals surface area contributed by atoms with Crippen molar-refractivity contribution in [1.82, 2.24) is 4.98 Å². The first-order valence-corrected chi connectivity index (χ1v) is 12.3. The van der Waals surface area contributed by atoms with Gasteiger partial charge in [0.15, 0.2) is 0 Å². The van der Waals surface area contributed by atoms with Crippen LogP contribution in [0.3, 0.4) is 0 Å². The maximum absolute atomic E-state index is 13.7. The Bertz CT molecular complexity index is 1330. The maximum atomic E-state index is 13.7. The molecule has 0 spiro atoms. The Kier molecular flexibility index (Phi) is 5.78. The zero-order chi connectivity index (χ0) is 24.0. The second kappa shape index (κ2) is 8.77. The van der Waals surface area contributed by atoms with Gasteiger partial charge in [0.25, 0.3) is 0 Å². The largest absolute Gasteiger partial charge is 0.497 e. The topological polar surface area (TPSA) is 106 Å². The number of anilines is 1. The third kappa shape index (κ3) is 3.63. The molecule has 0 aliphatic carbocycles. The van der Waals surface area contributed by atoms with E-state index in [1.54, 1.807) is 38.3 Å². The molecule has 0 saturated carbocycles. The fourth-order valence-corrected chi connectivity index (χ4v) is 6.92. The van der Waals surface area contributed by atoms with Crippen LogP contribution in [0.1, 0.15) is 33.6 Å². The summed E-state index contributed by atoms with van der Waals surface area (Å²) in [4.78, 5) is 55.8. The standard InChI is InChI=1S/C24H20N2O6S2/c1-3-32-23(29)13-4-8-14(9-5-13)26-21(27)17-16(12-6-10-15(31-2)11-7-12)18-20(25-24(30)34-18)33-19(17)22(26)28/h4-11,16-17,19H,3H2,1-2H3,(H,25,30)/t16-,17-,19+/m0/s1. The molecule has 1 N–H and O–H groups in total. The second-order valence-corrected chi connectivity index (χ2v) is 9.97. The quantitative estimate of drug-likeness (QED) is 0.426. The van der Waals surface area contributed by atoms with Crippen LogP contribution in [0.15, 0.2) is 58.4 Å². The Balaban J connectivity index is 1.54. The van der Waals surface area contributed by atoms with Gasteiger partial charge in [0.05, 0.1) is 35.9 Å². The molecule has 2 aromatic carbocycles. The number of benzene rings is 2. The number of carbonyl (C=O) groups excluding carboxylic acids is 3. The molecule has 2 aliphatic heterocycles. The molecule has 2 aliphatic rings. The Morgan fingerprint density at radius 1 is 1.03 bits per heavy atom.